The van der Waals surface area contributed by atoms with E-state index in [4.69, 9.17) is 9.15 Å². The zero-order chi connectivity index (χ0) is 9.68. The highest BCUT2D eigenvalue weighted by Gasteiger charge is 2.13. The van der Waals surface area contributed by atoms with Crippen molar-refractivity contribution in [2.24, 2.45) is 0 Å². The van der Waals surface area contributed by atoms with Gasteiger partial charge in [-0.1, -0.05) is 6.08 Å². The molecule has 0 amide bonds. The summed E-state index contributed by atoms with van der Waals surface area (Å²) < 4.78 is 9.96. The molecule has 0 aliphatic heterocycles. The van der Waals surface area contributed by atoms with Crippen LogP contribution in [-0.2, 0) is 9.53 Å². The Morgan fingerprint density at radius 1 is 1.85 bits per heavy atom. The van der Waals surface area contributed by atoms with E-state index in [9.17, 15) is 4.79 Å². The van der Waals surface area contributed by atoms with Gasteiger partial charge in [-0.3, -0.25) is 4.79 Å². The minimum Gasteiger partial charge on any atom is -0.472 e. The van der Waals surface area contributed by atoms with Gasteiger partial charge < -0.3 is 9.15 Å². The van der Waals surface area contributed by atoms with Crippen molar-refractivity contribution in [1.29, 1.82) is 0 Å². The molecule has 0 aliphatic rings. The fourth-order valence-corrected chi connectivity index (χ4v) is 1.06. The maximum atomic E-state index is 10.7. The lowest BCUT2D eigenvalue weighted by Gasteiger charge is -2.12. The van der Waals surface area contributed by atoms with Crippen molar-refractivity contribution in [3.63, 3.8) is 0 Å². The highest BCUT2D eigenvalue weighted by molar-refractivity contribution is 5.66. The highest BCUT2D eigenvalue weighted by atomic mass is 16.5. The molecule has 1 atom stereocenters. The van der Waals surface area contributed by atoms with Gasteiger partial charge in [-0.05, 0) is 6.07 Å². The van der Waals surface area contributed by atoms with E-state index < -0.39 is 0 Å². The lowest BCUT2D eigenvalue weighted by atomic mass is 10.1. The van der Waals surface area contributed by atoms with E-state index in [1.54, 1.807) is 24.7 Å². The van der Waals surface area contributed by atoms with Gasteiger partial charge >= 0.3 is 5.97 Å². The minimum absolute atomic E-state index is 0.270. The van der Waals surface area contributed by atoms with Crippen LogP contribution in [0.1, 0.15) is 25.0 Å². The number of carbonyl (C=O) groups is 1. The molecule has 0 bridgehead atoms. The monoisotopic (exact) mass is 180 g/mol. The fraction of sp³-hybridized carbons (Fsp3) is 0.300. The Morgan fingerprint density at radius 2 is 2.62 bits per heavy atom. The summed E-state index contributed by atoms with van der Waals surface area (Å²) in [6.07, 6.45) is 5.15. The van der Waals surface area contributed by atoms with E-state index in [-0.39, 0.29) is 12.1 Å². The molecule has 0 N–H and O–H groups in total. The SMILES string of the molecule is C=CC[C@@H](OC(C)=O)c1ccoc1. The van der Waals surface area contributed by atoms with Crippen molar-refractivity contribution in [2.45, 2.75) is 19.4 Å². The molecule has 1 aromatic heterocycles. The van der Waals surface area contributed by atoms with Gasteiger partial charge in [0.2, 0.25) is 0 Å². The summed E-state index contributed by atoms with van der Waals surface area (Å²) in [5.41, 5.74) is 0.857. The summed E-state index contributed by atoms with van der Waals surface area (Å²) in [6, 6.07) is 1.77. The van der Waals surface area contributed by atoms with Crippen LogP contribution in [-0.4, -0.2) is 5.97 Å². The zero-order valence-electron chi connectivity index (χ0n) is 7.53. The number of hydrogen-bond acceptors (Lipinski definition) is 3. The lowest BCUT2D eigenvalue weighted by Crippen LogP contribution is -2.06. The van der Waals surface area contributed by atoms with E-state index in [0.717, 1.165) is 5.56 Å². The normalized spacial score (nSPS) is 12.1. The molecule has 0 radical (unpaired) electrons. The van der Waals surface area contributed by atoms with E-state index in [2.05, 4.69) is 6.58 Å². The molecule has 0 aliphatic carbocycles. The van der Waals surface area contributed by atoms with Gasteiger partial charge in [0.1, 0.15) is 6.10 Å². The molecular formula is C10H12O3. The Kier molecular flexibility index (Phi) is 3.31. The highest BCUT2D eigenvalue weighted by Crippen LogP contribution is 2.21. The van der Waals surface area contributed by atoms with Crippen molar-refractivity contribution in [3.8, 4) is 0 Å². The molecule has 3 nitrogen and oxygen atoms in total. The van der Waals surface area contributed by atoms with Crippen molar-refractivity contribution in [3.05, 3.63) is 36.8 Å². The van der Waals surface area contributed by atoms with Gasteiger partial charge in [0.25, 0.3) is 0 Å². The van der Waals surface area contributed by atoms with Gasteiger partial charge in [0, 0.05) is 18.9 Å². The predicted octanol–water partition coefficient (Wildman–Crippen LogP) is 2.46. The average molecular weight is 180 g/mol. The first kappa shape index (κ1) is 9.58. The molecule has 0 fully saturated rings. The molecular weight excluding hydrogens is 168 g/mol. The Hall–Kier alpha value is -1.51. The summed E-state index contributed by atoms with van der Waals surface area (Å²) >= 11 is 0. The third kappa shape index (κ3) is 2.78. The Bertz CT molecular complexity index is 274. The number of furan rings is 1. The van der Waals surface area contributed by atoms with Gasteiger partial charge in [0.15, 0.2) is 0 Å². The molecule has 13 heavy (non-hydrogen) atoms. The van der Waals surface area contributed by atoms with E-state index in [1.165, 1.54) is 6.92 Å². The number of ether oxygens (including phenoxy) is 1. The Balaban J connectivity index is 2.67. The molecule has 1 aromatic rings. The summed E-state index contributed by atoms with van der Waals surface area (Å²) in [7, 11) is 0. The van der Waals surface area contributed by atoms with Gasteiger partial charge in [-0.2, -0.15) is 0 Å². The summed E-state index contributed by atoms with van der Waals surface area (Å²) in [5.74, 6) is -0.298. The molecule has 70 valence electrons. The number of hydrogen-bond donors (Lipinski definition) is 0. The molecule has 0 aromatic carbocycles. The third-order valence-electron chi connectivity index (χ3n) is 1.60. The van der Waals surface area contributed by atoms with Crippen LogP contribution in [0.5, 0.6) is 0 Å². The van der Waals surface area contributed by atoms with Crippen molar-refractivity contribution >= 4 is 5.97 Å². The van der Waals surface area contributed by atoms with Gasteiger partial charge in [-0.25, -0.2) is 0 Å². The molecule has 0 spiro atoms. The first-order valence-electron chi connectivity index (χ1n) is 4.04. The molecule has 0 saturated heterocycles. The predicted molar refractivity (Wildman–Crippen MR) is 48.0 cm³/mol. The summed E-state index contributed by atoms with van der Waals surface area (Å²) in [4.78, 5) is 10.7. The van der Waals surface area contributed by atoms with Crippen LogP contribution in [0.4, 0.5) is 0 Å². The van der Waals surface area contributed by atoms with E-state index >= 15 is 0 Å². The van der Waals surface area contributed by atoms with Crippen LogP contribution in [0.3, 0.4) is 0 Å². The number of carbonyl (C=O) groups excluding carboxylic acids is 1. The van der Waals surface area contributed by atoms with Crippen molar-refractivity contribution in [2.75, 3.05) is 0 Å². The van der Waals surface area contributed by atoms with Gasteiger partial charge in [0.05, 0.1) is 12.5 Å². The van der Waals surface area contributed by atoms with Gasteiger partial charge in [-0.15, -0.1) is 6.58 Å². The number of rotatable bonds is 4. The Morgan fingerprint density at radius 3 is 3.08 bits per heavy atom. The summed E-state index contributed by atoms with van der Waals surface area (Å²) in [6.45, 7) is 4.98. The minimum atomic E-state index is -0.298. The van der Waals surface area contributed by atoms with Crippen LogP contribution in [0.15, 0.2) is 35.7 Å². The number of esters is 1. The smallest absolute Gasteiger partial charge is 0.303 e. The largest absolute Gasteiger partial charge is 0.472 e. The molecule has 1 heterocycles. The molecule has 0 saturated carbocycles. The van der Waals surface area contributed by atoms with Crippen LogP contribution >= 0.6 is 0 Å². The topological polar surface area (TPSA) is 39.4 Å². The fourth-order valence-electron chi connectivity index (χ4n) is 1.06. The van der Waals surface area contributed by atoms with Crippen molar-refractivity contribution in [1.82, 2.24) is 0 Å². The maximum absolute atomic E-state index is 10.7. The second kappa shape index (κ2) is 4.50. The quantitative estimate of drug-likeness (QED) is 0.527. The van der Waals surface area contributed by atoms with E-state index in [0.29, 0.717) is 6.42 Å². The lowest BCUT2D eigenvalue weighted by molar-refractivity contribution is -0.146. The van der Waals surface area contributed by atoms with Crippen LogP contribution in [0, 0.1) is 0 Å². The second-order valence-corrected chi connectivity index (χ2v) is 2.68. The average Bonchev–Trinajstić information content (AvgIpc) is 2.54. The summed E-state index contributed by atoms with van der Waals surface area (Å²) in [5, 5.41) is 0. The third-order valence-corrected chi connectivity index (χ3v) is 1.60. The zero-order valence-corrected chi connectivity index (χ0v) is 7.53. The Labute approximate surface area is 77.0 Å². The maximum Gasteiger partial charge on any atom is 0.303 e. The molecule has 0 unspecified atom stereocenters. The van der Waals surface area contributed by atoms with Crippen molar-refractivity contribution < 1.29 is 13.9 Å². The van der Waals surface area contributed by atoms with Crippen LogP contribution < -0.4 is 0 Å². The molecule has 1 rings (SSSR count). The molecule has 3 heteroatoms. The van der Waals surface area contributed by atoms with E-state index in [1.807, 2.05) is 0 Å². The van der Waals surface area contributed by atoms with Crippen LogP contribution in [0.25, 0.3) is 0 Å². The first-order valence-corrected chi connectivity index (χ1v) is 4.04. The second-order valence-electron chi connectivity index (χ2n) is 2.68. The first-order chi connectivity index (χ1) is 6.24. The standard InChI is InChI=1S/C10H12O3/c1-3-4-10(13-8(2)11)9-5-6-12-7-9/h3,5-7,10H,1,4H2,2H3/t10-/m1/s1. The van der Waals surface area contributed by atoms with Crippen LogP contribution in [0.2, 0.25) is 0 Å².